The largest absolute Gasteiger partial charge is 0.481 e. The van der Waals surface area contributed by atoms with Gasteiger partial charge in [-0.05, 0) is 18.4 Å². The van der Waals surface area contributed by atoms with E-state index in [0.717, 1.165) is 17.8 Å². The van der Waals surface area contributed by atoms with E-state index in [1.165, 1.54) is 5.56 Å². The van der Waals surface area contributed by atoms with E-state index in [-0.39, 0.29) is 0 Å². The van der Waals surface area contributed by atoms with Crippen LogP contribution in [0.4, 0.5) is 0 Å². The van der Waals surface area contributed by atoms with Crippen LogP contribution >= 0.6 is 0 Å². The standard InChI is InChI=1S/C11H15N3O/c1-8(2)6-9-4-5-10-7-12-13-14(10)11(9)15-3/h4-5,7-8H,6H2,1-3H3. The van der Waals surface area contributed by atoms with Gasteiger partial charge in [-0.2, -0.15) is 4.52 Å². The van der Waals surface area contributed by atoms with Crippen molar-refractivity contribution in [3.05, 3.63) is 23.9 Å². The van der Waals surface area contributed by atoms with Crippen LogP contribution in [0.3, 0.4) is 0 Å². The maximum absolute atomic E-state index is 5.38. The van der Waals surface area contributed by atoms with Gasteiger partial charge in [-0.3, -0.25) is 0 Å². The molecule has 0 saturated carbocycles. The summed E-state index contributed by atoms with van der Waals surface area (Å²) < 4.78 is 7.11. The molecule has 4 heteroatoms. The maximum atomic E-state index is 5.38. The number of rotatable bonds is 3. The third-order valence-electron chi connectivity index (χ3n) is 2.32. The molecule has 0 amide bonds. The predicted molar refractivity (Wildman–Crippen MR) is 58.1 cm³/mol. The molecule has 2 rings (SSSR count). The van der Waals surface area contributed by atoms with E-state index in [1.54, 1.807) is 17.8 Å². The third kappa shape index (κ3) is 1.79. The van der Waals surface area contributed by atoms with Gasteiger partial charge in [0.15, 0.2) is 0 Å². The van der Waals surface area contributed by atoms with E-state index in [9.17, 15) is 0 Å². The fourth-order valence-corrected chi connectivity index (χ4v) is 1.72. The van der Waals surface area contributed by atoms with E-state index < -0.39 is 0 Å². The van der Waals surface area contributed by atoms with Crippen LogP contribution in [-0.2, 0) is 6.42 Å². The van der Waals surface area contributed by atoms with Crippen LogP contribution < -0.4 is 4.74 Å². The van der Waals surface area contributed by atoms with Crippen LogP contribution in [0, 0.1) is 5.92 Å². The zero-order valence-corrected chi connectivity index (χ0v) is 9.27. The Morgan fingerprint density at radius 1 is 1.40 bits per heavy atom. The molecule has 2 aromatic heterocycles. The minimum atomic E-state index is 0.597. The number of fused-ring (bicyclic) bond motifs is 1. The molecule has 2 heterocycles. The zero-order valence-electron chi connectivity index (χ0n) is 9.27. The first-order valence-electron chi connectivity index (χ1n) is 5.08. The highest BCUT2D eigenvalue weighted by atomic mass is 16.5. The molecule has 15 heavy (non-hydrogen) atoms. The van der Waals surface area contributed by atoms with Crippen LogP contribution in [0.25, 0.3) is 5.52 Å². The Kier molecular flexibility index (Phi) is 2.58. The summed E-state index contributed by atoms with van der Waals surface area (Å²) in [6.45, 7) is 4.37. The molecule has 0 aromatic carbocycles. The van der Waals surface area contributed by atoms with Crippen LogP contribution in [-0.4, -0.2) is 21.9 Å². The fourth-order valence-electron chi connectivity index (χ4n) is 1.72. The monoisotopic (exact) mass is 205 g/mol. The highest BCUT2D eigenvalue weighted by Crippen LogP contribution is 2.22. The Morgan fingerprint density at radius 2 is 2.20 bits per heavy atom. The summed E-state index contributed by atoms with van der Waals surface area (Å²) in [6.07, 6.45) is 2.71. The van der Waals surface area contributed by atoms with Gasteiger partial charge >= 0.3 is 0 Å². The van der Waals surface area contributed by atoms with Gasteiger partial charge in [0.2, 0.25) is 5.88 Å². The Labute approximate surface area is 88.9 Å². The lowest BCUT2D eigenvalue weighted by Gasteiger charge is -2.11. The first kappa shape index (κ1) is 9.96. The van der Waals surface area contributed by atoms with Crippen molar-refractivity contribution in [3.8, 4) is 5.88 Å². The fraction of sp³-hybridized carbons (Fsp3) is 0.455. The quantitative estimate of drug-likeness (QED) is 0.768. The Bertz CT molecular complexity index is 462. The second-order valence-corrected chi connectivity index (χ2v) is 4.04. The summed E-state index contributed by atoms with van der Waals surface area (Å²) in [4.78, 5) is 0. The molecular weight excluding hydrogens is 190 g/mol. The molecule has 0 unspecified atom stereocenters. The van der Waals surface area contributed by atoms with Crippen molar-refractivity contribution in [1.29, 1.82) is 0 Å². The first-order chi connectivity index (χ1) is 7.22. The molecule has 0 saturated heterocycles. The van der Waals surface area contributed by atoms with Crippen molar-refractivity contribution in [2.45, 2.75) is 20.3 Å². The van der Waals surface area contributed by atoms with E-state index in [0.29, 0.717) is 5.92 Å². The normalized spacial score (nSPS) is 11.2. The molecule has 0 fully saturated rings. The number of ether oxygens (including phenoxy) is 1. The summed E-state index contributed by atoms with van der Waals surface area (Å²) in [5.74, 6) is 1.39. The number of nitrogens with zero attached hydrogens (tertiary/aromatic N) is 3. The molecular formula is C11H15N3O. The highest BCUT2D eigenvalue weighted by molar-refractivity contribution is 5.48. The summed E-state index contributed by atoms with van der Waals surface area (Å²) in [5, 5.41) is 7.86. The van der Waals surface area contributed by atoms with Gasteiger partial charge < -0.3 is 4.74 Å². The van der Waals surface area contributed by atoms with Gasteiger partial charge in [-0.1, -0.05) is 25.1 Å². The van der Waals surface area contributed by atoms with Crippen molar-refractivity contribution in [2.75, 3.05) is 7.11 Å². The lowest BCUT2D eigenvalue weighted by atomic mass is 10.0. The van der Waals surface area contributed by atoms with Crippen molar-refractivity contribution in [1.82, 2.24) is 14.8 Å². The molecule has 2 aromatic rings. The molecule has 0 bridgehead atoms. The second kappa shape index (κ2) is 3.88. The number of hydrogen-bond donors (Lipinski definition) is 0. The molecule has 0 aliphatic heterocycles. The number of hydrogen-bond acceptors (Lipinski definition) is 3. The van der Waals surface area contributed by atoms with Gasteiger partial charge in [0.05, 0.1) is 18.8 Å². The summed E-state index contributed by atoms with van der Waals surface area (Å²) in [5.41, 5.74) is 2.13. The lowest BCUT2D eigenvalue weighted by molar-refractivity contribution is 0.376. The predicted octanol–water partition coefficient (Wildman–Crippen LogP) is 1.94. The summed E-state index contributed by atoms with van der Waals surface area (Å²) >= 11 is 0. The third-order valence-corrected chi connectivity index (χ3v) is 2.32. The molecule has 4 nitrogen and oxygen atoms in total. The Morgan fingerprint density at radius 3 is 2.87 bits per heavy atom. The second-order valence-electron chi connectivity index (χ2n) is 4.04. The van der Waals surface area contributed by atoms with Crippen LogP contribution in [0.5, 0.6) is 5.88 Å². The summed E-state index contributed by atoms with van der Waals surface area (Å²) in [7, 11) is 1.67. The number of pyridine rings is 1. The van der Waals surface area contributed by atoms with Gasteiger partial charge in [0.25, 0.3) is 0 Å². The van der Waals surface area contributed by atoms with Crippen molar-refractivity contribution < 1.29 is 4.74 Å². The minimum absolute atomic E-state index is 0.597. The zero-order chi connectivity index (χ0) is 10.8. The summed E-state index contributed by atoms with van der Waals surface area (Å²) in [6, 6.07) is 4.10. The molecule has 0 radical (unpaired) electrons. The van der Waals surface area contributed by atoms with Crippen molar-refractivity contribution in [2.24, 2.45) is 5.92 Å². The average Bonchev–Trinajstić information content (AvgIpc) is 2.64. The minimum Gasteiger partial charge on any atom is -0.481 e. The van der Waals surface area contributed by atoms with Crippen LogP contribution in [0.1, 0.15) is 19.4 Å². The first-order valence-corrected chi connectivity index (χ1v) is 5.08. The highest BCUT2D eigenvalue weighted by Gasteiger charge is 2.10. The molecule has 0 atom stereocenters. The number of aromatic nitrogens is 3. The molecule has 0 N–H and O–H groups in total. The average molecular weight is 205 g/mol. The lowest BCUT2D eigenvalue weighted by Crippen LogP contribution is -2.03. The molecule has 80 valence electrons. The Hall–Kier alpha value is -1.58. The van der Waals surface area contributed by atoms with E-state index in [4.69, 9.17) is 4.74 Å². The molecule has 0 aliphatic rings. The molecule has 0 spiro atoms. The van der Waals surface area contributed by atoms with Crippen LogP contribution in [0.2, 0.25) is 0 Å². The van der Waals surface area contributed by atoms with E-state index in [1.807, 2.05) is 6.07 Å². The number of methoxy groups -OCH3 is 1. The van der Waals surface area contributed by atoms with E-state index >= 15 is 0 Å². The van der Waals surface area contributed by atoms with Gasteiger partial charge in [-0.25, -0.2) is 0 Å². The maximum Gasteiger partial charge on any atom is 0.219 e. The smallest absolute Gasteiger partial charge is 0.219 e. The van der Waals surface area contributed by atoms with Gasteiger partial charge in [-0.15, -0.1) is 5.10 Å². The topological polar surface area (TPSA) is 39.4 Å². The van der Waals surface area contributed by atoms with Gasteiger partial charge in [0.1, 0.15) is 0 Å². The molecule has 0 aliphatic carbocycles. The Balaban J connectivity index is 2.53. The SMILES string of the molecule is COc1c(CC(C)C)ccc2cnnn12. The van der Waals surface area contributed by atoms with Crippen LogP contribution in [0.15, 0.2) is 18.3 Å². The van der Waals surface area contributed by atoms with E-state index in [2.05, 4.69) is 30.2 Å². The van der Waals surface area contributed by atoms with Crippen molar-refractivity contribution in [3.63, 3.8) is 0 Å². The van der Waals surface area contributed by atoms with Gasteiger partial charge in [0, 0.05) is 5.56 Å². The van der Waals surface area contributed by atoms with Crippen molar-refractivity contribution >= 4 is 5.52 Å².